The molecule has 1 N–H and O–H groups in total. The summed E-state index contributed by atoms with van der Waals surface area (Å²) in [4.78, 5) is 6.73. The molecule has 0 spiro atoms. The summed E-state index contributed by atoms with van der Waals surface area (Å²) in [5, 5.41) is 10.5. The highest BCUT2D eigenvalue weighted by Crippen LogP contribution is 2.19. The van der Waals surface area contributed by atoms with Crippen LogP contribution in [0.1, 0.15) is 6.42 Å². The molecule has 16 heavy (non-hydrogen) atoms. The van der Waals surface area contributed by atoms with Crippen LogP contribution in [0.4, 0.5) is 5.69 Å². The number of aliphatic hydroxyl groups excluding tert-OH is 1. The van der Waals surface area contributed by atoms with E-state index in [1.165, 1.54) is 0 Å². The van der Waals surface area contributed by atoms with Crippen LogP contribution in [-0.4, -0.2) is 40.6 Å². The molecule has 1 unspecified atom stereocenters. The fraction of sp³-hybridized carbons (Fsp3) is 0.417. The molecule has 0 bridgehead atoms. The minimum atomic E-state index is -0.201. The topological polar surface area (TPSA) is 35.8 Å². The van der Waals surface area contributed by atoms with Crippen molar-refractivity contribution in [2.75, 3.05) is 19.3 Å². The van der Waals surface area contributed by atoms with E-state index >= 15 is 0 Å². The molecule has 4 heteroatoms. The van der Waals surface area contributed by atoms with Crippen molar-refractivity contribution < 1.29 is 5.11 Å². The van der Waals surface area contributed by atoms with Crippen molar-refractivity contribution in [1.29, 1.82) is 0 Å². The highest BCUT2D eigenvalue weighted by molar-refractivity contribution is 8.13. The maximum absolute atomic E-state index is 9.50. The lowest BCUT2D eigenvalue weighted by atomic mass is 10.3. The summed E-state index contributed by atoms with van der Waals surface area (Å²) in [6.45, 7) is 1.60. The van der Waals surface area contributed by atoms with Crippen molar-refractivity contribution in [3.05, 3.63) is 30.3 Å². The summed E-state index contributed by atoms with van der Waals surface area (Å²) in [6, 6.07) is 9.92. The van der Waals surface area contributed by atoms with Gasteiger partial charge in [-0.2, -0.15) is 0 Å². The SMILES string of the molecule is CS/C(=N/c1ccccc1)N1CCC(O)C1. The van der Waals surface area contributed by atoms with Gasteiger partial charge in [0.15, 0.2) is 5.17 Å². The van der Waals surface area contributed by atoms with E-state index in [-0.39, 0.29) is 6.10 Å². The van der Waals surface area contributed by atoms with Gasteiger partial charge in [-0.05, 0) is 24.8 Å². The zero-order valence-corrected chi connectivity index (χ0v) is 10.2. The zero-order valence-electron chi connectivity index (χ0n) is 9.34. The van der Waals surface area contributed by atoms with Crippen LogP contribution in [0.3, 0.4) is 0 Å². The minimum Gasteiger partial charge on any atom is -0.391 e. The van der Waals surface area contributed by atoms with Crippen molar-refractivity contribution in [2.45, 2.75) is 12.5 Å². The fourth-order valence-corrected chi connectivity index (χ4v) is 2.39. The summed E-state index contributed by atoms with van der Waals surface area (Å²) in [7, 11) is 0. The molecule has 3 nitrogen and oxygen atoms in total. The Labute approximate surface area is 100 Å². The van der Waals surface area contributed by atoms with Gasteiger partial charge < -0.3 is 10.0 Å². The van der Waals surface area contributed by atoms with Crippen LogP contribution in [0.2, 0.25) is 0 Å². The fourth-order valence-electron chi connectivity index (χ4n) is 1.77. The highest BCUT2D eigenvalue weighted by Gasteiger charge is 2.22. The maximum Gasteiger partial charge on any atom is 0.164 e. The number of rotatable bonds is 1. The van der Waals surface area contributed by atoms with E-state index in [1.807, 2.05) is 36.6 Å². The number of likely N-dealkylation sites (tertiary alicyclic amines) is 1. The Bertz CT molecular complexity index is 367. The number of amidine groups is 1. The molecule has 1 atom stereocenters. The van der Waals surface area contributed by atoms with Crippen LogP contribution in [-0.2, 0) is 0 Å². The van der Waals surface area contributed by atoms with Gasteiger partial charge in [-0.3, -0.25) is 0 Å². The molecule has 0 saturated carbocycles. The van der Waals surface area contributed by atoms with Gasteiger partial charge in [0.25, 0.3) is 0 Å². The Morgan fingerprint density at radius 1 is 1.44 bits per heavy atom. The van der Waals surface area contributed by atoms with Crippen LogP contribution >= 0.6 is 11.8 Å². The number of benzene rings is 1. The summed E-state index contributed by atoms with van der Waals surface area (Å²) in [5.74, 6) is 0. The Balaban J connectivity index is 2.13. The molecular formula is C12H16N2OS. The quantitative estimate of drug-likeness (QED) is 0.599. The van der Waals surface area contributed by atoms with Crippen LogP contribution in [0.5, 0.6) is 0 Å². The van der Waals surface area contributed by atoms with Crippen molar-refractivity contribution in [3.63, 3.8) is 0 Å². The monoisotopic (exact) mass is 236 g/mol. The van der Waals surface area contributed by atoms with Gasteiger partial charge in [0.05, 0.1) is 11.8 Å². The number of thioether (sulfide) groups is 1. The lowest BCUT2D eigenvalue weighted by molar-refractivity contribution is 0.188. The summed E-state index contributed by atoms with van der Waals surface area (Å²) in [6.07, 6.45) is 2.66. The Morgan fingerprint density at radius 2 is 2.19 bits per heavy atom. The van der Waals surface area contributed by atoms with Crippen molar-refractivity contribution in [1.82, 2.24) is 4.90 Å². The number of aliphatic hydroxyl groups is 1. The van der Waals surface area contributed by atoms with E-state index in [0.717, 1.165) is 23.8 Å². The molecule has 1 saturated heterocycles. The van der Waals surface area contributed by atoms with E-state index in [0.29, 0.717) is 6.54 Å². The van der Waals surface area contributed by atoms with E-state index in [2.05, 4.69) is 9.89 Å². The van der Waals surface area contributed by atoms with Crippen LogP contribution < -0.4 is 0 Å². The molecule has 86 valence electrons. The van der Waals surface area contributed by atoms with Crippen LogP contribution in [0.25, 0.3) is 0 Å². The normalized spacial score (nSPS) is 21.5. The average Bonchev–Trinajstić information content (AvgIpc) is 2.74. The molecule has 1 aromatic rings. The largest absolute Gasteiger partial charge is 0.391 e. The van der Waals surface area contributed by atoms with E-state index in [1.54, 1.807) is 11.8 Å². The maximum atomic E-state index is 9.50. The van der Waals surface area contributed by atoms with Gasteiger partial charge in [0, 0.05) is 13.1 Å². The molecule has 2 rings (SSSR count). The Morgan fingerprint density at radius 3 is 2.75 bits per heavy atom. The summed E-state index contributed by atoms with van der Waals surface area (Å²) < 4.78 is 0. The molecule has 0 amide bonds. The van der Waals surface area contributed by atoms with Crippen LogP contribution in [0, 0.1) is 0 Å². The van der Waals surface area contributed by atoms with E-state index < -0.39 is 0 Å². The highest BCUT2D eigenvalue weighted by atomic mass is 32.2. The molecule has 1 heterocycles. The molecular weight excluding hydrogens is 220 g/mol. The molecule has 1 aliphatic rings. The predicted octanol–water partition coefficient (Wildman–Crippen LogP) is 2.10. The number of para-hydroxylation sites is 1. The second-order valence-corrected chi connectivity index (χ2v) is 4.60. The first kappa shape index (κ1) is 11.5. The second kappa shape index (κ2) is 5.37. The zero-order chi connectivity index (χ0) is 11.4. The number of hydrogen-bond acceptors (Lipinski definition) is 3. The third-order valence-corrected chi connectivity index (χ3v) is 3.31. The van der Waals surface area contributed by atoms with Crippen molar-refractivity contribution in [2.24, 2.45) is 4.99 Å². The third-order valence-electron chi connectivity index (χ3n) is 2.60. The lowest BCUT2D eigenvalue weighted by Gasteiger charge is -2.18. The third kappa shape index (κ3) is 2.77. The molecule has 1 aromatic carbocycles. The minimum absolute atomic E-state index is 0.201. The number of hydrogen-bond donors (Lipinski definition) is 1. The standard InChI is InChI=1S/C12H16N2OS/c1-16-12(14-8-7-11(15)9-14)13-10-5-3-2-4-6-10/h2-6,11,15H,7-9H2,1H3/b13-12+. The molecule has 0 radical (unpaired) electrons. The van der Waals surface area contributed by atoms with Crippen molar-refractivity contribution in [3.8, 4) is 0 Å². The summed E-state index contributed by atoms with van der Waals surface area (Å²) >= 11 is 1.63. The lowest BCUT2D eigenvalue weighted by Crippen LogP contribution is -2.26. The second-order valence-electron chi connectivity index (χ2n) is 3.82. The van der Waals surface area contributed by atoms with Gasteiger partial charge in [0.2, 0.25) is 0 Å². The summed E-state index contributed by atoms with van der Waals surface area (Å²) in [5.41, 5.74) is 0.966. The number of nitrogens with zero attached hydrogens (tertiary/aromatic N) is 2. The smallest absolute Gasteiger partial charge is 0.164 e. The average molecular weight is 236 g/mol. The van der Waals surface area contributed by atoms with Gasteiger partial charge in [0.1, 0.15) is 0 Å². The first-order chi connectivity index (χ1) is 7.79. The van der Waals surface area contributed by atoms with Crippen molar-refractivity contribution >= 4 is 22.6 Å². The molecule has 0 aliphatic carbocycles. The van der Waals surface area contributed by atoms with Crippen LogP contribution in [0.15, 0.2) is 35.3 Å². The Hall–Kier alpha value is -1.00. The Kier molecular flexibility index (Phi) is 3.85. The van der Waals surface area contributed by atoms with Gasteiger partial charge >= 0.3 is 0 Å². The van der Waals surface area contributed by atoms with Gasteiger partial charge in [-0.15, -0.1) is 0 Å². The molecule has 1 fully saturated rings. The first-order valence-corrected chi connectivity index (χ1v) is 6.63. The number of β-amino-alcohol motifs (C(OH)–C–C–N with tert-alkyl or cyclic N) is 1. The molecule has 1 aliphatic heterocycles. The predicted molar refractivity (Wildman–Crippen MR) is 69.2 cm³/mol. The van der Waals surface area contributed by atoms with Gasteiger partial charge in [-0.25, -0.2) is 4.99 Å². The van der Waals surface area contributed by atoms with Gasteiger partial charge in [-0.1, -0.05) is 30.0 Å². The first-order valence-electron chi connectivity index (χ1n) is 5.40. The van der Waals surface area contributed by atoms with E-state index in [4.69, 9.17) is 0 Å². The van der Waals surface area contributed by atoms with E-state index in [9.17, 15) is 5.11 Å². The molecule has 0 aromatic heterocycles. The number of aliphatic imine (C=N–C) groups is 1.